The average molecular weight is 238 g/mol. The second-order valence-corrected chi connectivity index (χ2v) is 5.95. The first-order chi connectivity index (χ1) is 6.16. The molecule has 0 rings (SSSR count). The summed E-state index contributed by atoms with van der Waals surface area (Å²) in [6.07, 6.45) is 1.96. The Balaban J connectivity index is 3.16. The van der Waals surface area contributed by atoms with E-state index in [-0.39, 0.29) is 6.42 Å². The Morgan fingerprint density at radius 2 is 2.08 bits per heavy atom. The first kappa shape index (κ1) is 13.3. The fraction of sp³-hybridized carbons (Fsp3) is 0.750. The Morgan fingerprint density at radius 3 is 2.62 bits per heavy atom. The molecule has 0 aliphatic carbocycles. The number of aliphatic carboxylic acids is 1. The van der Waals surface area contributed by atoms with Crippen LogP contribution < -0.4 is 0 Å². The average Bonchev–Trinajstić information content (AvgIpc) is 2.03. The van der Waals surface area contributed by atoms with Crippen LogP contribution in [-0.4, -0.2) is 26.1 Å². The second-order valence-electron chi connectivity index (χ2n) is 2.38. The van der Waals surface area contributed by atoms with Crippen molar-refractivity contribution in [3.05, 3.63) is 0 Å². The first-order valence-corrected chi connectivity index (χ1v) is 6.56. The number of rotatable bonds is 6. The summed E-state index contributed by atoms with van der Waals surface area (Å²) in [6, 6.07) is 0. The summed E-state index contributed by atoms with van der Waals surface area (Å²) in [7, 11) is 0. The highest BCUT2D eigenvalue weighted by molar-refractivity contribution is 8.47. The van der Waals surface area contributed by atoms with Crippen molar-refractivity contribution in [3.8, 4) is 0 Å². The fourth-order valence-corrected chi connectivity index (χ4v) is 2.98. The van der Waals surface area contributed by atoms with Gasteiger partial charge in [-0.1, -0.05) is 19.1 Å². The summed E-state index contributed by atoms with van der Waals surface area (Å²) >= 11 is 8.39. The molecule has 0 spiro atoms. The van der Waals surface area contributed by atoms with Crippen LogP contribution in [0.2, 0.25) is 0 Å². The minimum Gasteiger partial charge on any atom is -0.481 e. The minimum absolute atomic E-state index is 0.272. The Bertz CT molecular complexity index is 171. The van der Waals surface area contributed by atoms with Gasteiger partial charge < -0.3 is 5.11 Å². The smallest absolute Gasteiger partial charge is 0.303 e. The van der Waals surface area contributed by atoms with Gasteiger partial charge >= 0.3 is 5.97 Å². The lowest BCUT2D eigenvalue weighted by Gasteiger charge is -2.00. The molecule has 0 aliphatic heterocycles. The molecule has 2 nitrogen and oxygen atoms in total. The highest BCUT2D eigenvalue weighted by Crippen LogP contribution is 2.18. The molecule has 76 valence electrons. The van der Waals surface area contributed by atoms with Gasteiger partial charge in [-0.3, -0.25) is 4.79 Å². The van der Waals surface area contributed by atoms with Crippen LogP contribution in [0, 0.1) is 0 Å². The summed E-state index contributed by atoms with van der Waals surface area (Å²) in [5.74, 6) is 1.25. The van der Waals surface area contributed by atoms with Crippen molar-refractivity contribution in [2.75, 3.05) is 11.5 Å². The zero-order valence-corrected chi connectivity index (χ0v) is 10.1. The third-order valence-corrected chi connectivity index (χ3v) is 3.93. The van der Waals surface area contributed by atoms with Crippen LogP contribution in [0.5, 0.6) is 0 Å². The van der Waals surface area contributed by atoms with Crippen molar-refractivity contribution in [3.63, 3.8) is 0 Å². The maximum atomic E-state index is 10.2. The van der Waals surface area contributed by atoms with E-state index in [2.05, 4.69) is 6.92 Å². The van der Waals surface area contributed by atoms with E-state index in [4.69, 9.17) is 17.3 Å². The predicted octanol–water partition coefficient (Wildman–Crippen LogP) is 3.01. The van der Waals surface area contributed by atoms with Crippen LogP contribution in [0.1, 0.15) is 26.2 Å². The largest absolute Gasteiger partial charge is 0.481 e. The van der Waals surface area contributed by atoms with E-state index in [1.807, 2.05) is 0 Å². The number of unbranched alkanes of at least 4 members (excludes halogenated alkanes) is 1. The van der Waals surface area contributed by atoms with Crippen molar-refractivity contribution < 1.29 is 9.90 Å². The summed E-state index contributed by atoms with van der Waals surface area (Å²) in [5, 5.41) is 8.37. The molecule has 0 saturated carbocycles. The van der Waals surface area contributed by atoms with E-state index in [0.29, 0.717) is 0 Å². The minimum atomic E-state index is -0.712. The Hall–Kier alpha value is 0.260. The number of carboxylic acid groups (broad SMARTS) is 1. The zero-order valence-electron chi connectivity index (χ0n) is 7.62. The zero-order chi connectivity index (χ0) is 10.1. The van der Waals surface area contributed by atoms with Gasteiger partial charge in [0.15, 0.2) is 0 Å². The van der Waals surface area contributed by atoms with E-state index in [1.54, 1.807) is 23.5 Å². The molecule has 0 fully saturated rings. The first-order valence-electron chi connectivity index (χ1n) is 4.18. The molecular formula is C8H14O2S3. The maximum Gasteiger partial charge on any atom is 0.303 e. The quantitative estimate of drug-likeness (QED) is 0.569. The molecule has 0 heterocycles. The second kappa shape index (κ2) is 8.84. The highest BCUT2D eigenvalue weighted by Gasteiger charge is 1.99. The Labute approximate surface area is 92.9 Å². The van der Waals surface area contributed by atoms with Gasteiger partial charge in [0.1, 0.15) is 3.53 Å². The number of carbonyl (C=O) groups is 1. The number of hydrogen-bond acceptors (Lipinski definition) is 4. The maximum absolute atomic E-state index is 10.2. The third-order valence-electron chi connectivity index (χ3n) is 1.27. The molecular weight excluding hydrogens is 224 g/mol. The topological polar surface area (TPSA) is 37.3 Å². The van der Waals surface area contributed by atoms with Crippen LogP contribution in [-0.2, 0) is 4.79 Å². The van der Waals surface area contributed by atoms with Gasteiger partial charge in [0, 0.05) is 6.42 Å². The van der Waals surface area contributed by atoms with Crippen molar-refractivity contribution in [1.82, 2.24) is 0 Å². The van der Waals surface area contributed by atoms with Crippen molar-refractivity contribution in [1.29, 1.82) is 0 Å². The number of hydrogen-bond donors (Lipinski definition) is 1. The molecule has 1 N–H and O–H groups in total. The van der Waals surface area contributed by atoms with Gasteiger partial charge in [-0.05, 0) is 24.3 Å². The number of thiocarbonyl (C=S) groups is 1. The SMILES string of the molecule is CCSC(=S)SCCCCC(=O)O. The van der Waals surface area contributed by atoms with E-state index < -0.39 is 5.97 Å². The van der Waals surface area contributed by atoms with Crippen LogP contribution in [0.3, 0.4) is 0 Å². The fourth-order valence-electron chi connectivity index (χ4n) is 0.693. The summed E-state index contributed by atoms with van der Waals surface area (Å²) in [4.78, 5) is 10.2. The lowest BCUT2D eigenvalue weighted by molar-refractivity contribution is -0.137. The van der Waals surface area contributed by atoms with Crippen LogP contribution in [0.15, 0.2) is 0 Å². The third kappa shape index (κ3) is 10.2. The molecule has 5 heteroatoms. The summed E-state index contributed by atoms with van der Waals surface area (Å²) in [6.45, 7) is 2.07. The molecule has 0 radical (unpaired) electrons. The van der Waals surface area contributed by atoms with E-state index in [1.165, 1.54) is 0 Å². The summed E-state index contributed by atoms with van der Waals surface area (Å²) in [5.41, 5.74) is 0. The van der Waals surface area contributed by atoms with E-state index in [9.17, 15) is 4.79 Å². The Morgan fingerprint density at radius 1 is 1.38 bits per heavy atom. The van der Waals surface area contributed by atoms with Gasteiger partial charge in [-0.15, -0.1) is 23.5 Å². The molecule has 0 bridgehead atoms. The van der Waals surface area contributed by atoms with Gasteiger partial charge in [0.05, 0.1) is 0 Å². The summed E-state index contributed by atoms with van der Waals surface area (Å²) < 4.78 is 0.970. The highest BCUT2D eigenvalue weighted by atomic mass is 32.2. The molecule has 0 aromatic heterocycles. The van der Waals surface area contributed by atoms with Crippen molar-refractivity contribution in [2.45, 2.75) is 26.2 Å². The van der Waals surface area contributed by atoms with Crippen molar-refractivity contribution >= 4 is 45.2 Å². The molecule has 0 amide bonds. The van der Waals surface area contributed by atoms with Crippen LogP contribution in [0.25, 0.3) is 0 Å². The predicted molar refractivity (Wildman–Crippen MR) is 64.7 cm³/mol. The molecule has 0 aliphatic rings. The molecule has 0 atom stereocenters. The molecule has 0 aromatic rings. The number of thioether (sulfide) groups is 2. The van der Waals surface area contributed by atoms with Gasteiger partial charge in [0.25, 0.3) is 0 Å². The normalized spacial score (nSPS) is 9.92. The lowest BCUT2D eigenvalue weighted by Crippen LogP contribution is -1.94. The molecule has 0 saturated heterocycles. The lowest BCUT2D eigenvalue weighted by atomic mass is 10.3. The van der Waals surface area contributed by atoms with Gasteiger partial charge in [-0.2, -0.15) is 0 Å². The number of carboxylic acids is 1. The van der Waals surface area contributed by atoms with E-state index in [0.717, 1.165) is 27.9 Å². The van der Waals surface area contributed by atoms with Gasteiger partial charge in [0.2, 0.25) is 0 Å². The van der Waals surface area contributed by atoms with Crippen molar-refractivity contribution in [2.24, 2.45) is 0 Å². The van der Waals surface area contributed by atoms with Crippen LogP contribution >= 0.6 is 35.7 Å². The molecule has 0 unspecified atom stereocenters. The van der Waals surface area contributed by atoms with Crippen LogP contribution in [0.4, 0.5) is 0 Å². The molecule has 0 aromatic carbocycles. The standard InChI is InChI=1S/C8H14O2S3/c1-2-12-8(11)13-6-4-3-5-7(9)10/h2-6H2,1H3,(H,9,10). The Kier molecular flexibility index (Phi) is 9.02. The monoisotopic (exact) mass is 238 g/mol. The molecule has 13 heavy (non-hydrogen) atoms. The van der Waals surface area contributed by atoms with E-state index >= 15 is 0 Å². The van der Waals surface area contributed by atoms with Gasteiger partial charge in [-0.25, -0.2) is 0 Å².